The molecule has 0 aliphatic carbocycles. The van der Waals surface area contributed by atoms with Gasteiger partial charge in [-0.3, -0.25) is 9.59 Å². The van der Waals surface area contributed by atoms with Crippen molar-refractivity contribution < 1.29 is 18.7 Å². The maximum atomic E-state index is 13.5. The summed E-state index contributed by atoms with van der Waals surface area (Å²) in [4.78, 5) is 26.8. The maximum Gasteiger partial charge on any atom is 0.255 e. The predicted molar refractivity (Wildman–Crippen MR) is 101 cm³/mol. The molecule has 27 heavy (non-hydrogen) atoms. The Kier molecular flexibility index (Phi) is 6.41. The van der Waals surface area contributed by atoms with Crippen LogP contribution in [0.4, 0.5) is 10.1 Å². The van der Waals surface area contributed by atoms with Gasteiger partial charge in [0.25, 0.3) is 5.91 Å². The van der Waals surface area contributed by atoms with Crippen molar-refractivity contribution >= 4 is 17.5 Å². The molecule has 0 saturated carbocycles. The number of para-hydroxylation sites is 2. The Hall–Kier alpha value is -2.89. The van der Waals surface area contributed by atoms with Crippen molar-refractivity contribution in [2.75, 3.05) is 25.0 Å². The van der Waals surface area contributed by atoms with Crippen molar-refractivity contribution in [1.29, 1.82) is 0 Å². The molecule has 0 bridgehead atoms. The molecule has 0 atom stereocenters. The quantitative estimate of drug-likeness (QED) is 0.840. The van der Waals surface area contributed by atoms with Crippen LogP contribution in [0.3, 0.4) is 0 Å². The number of piperidine rings is 1. The molecule has 1 N–H and O–H groups in total. The second-order valence-corrected chi connectivity index (χ2v) is 6.48. The van der Waals surface area contributed by atoms with Crippen molar-refractivity contribution in [2.45, 2.75) is 25.7 Å². The summed E-state index contributed by atoms with van der Waals surface area (Å²) >= 11 is 0. The summed E-state index contributed by atoms with van der Waals surface area (Å²) in [5.41, 5.74) is 0.978. The van der Waals surface area contributed by atoms with Crippen LogP contribution in [0.25, 0.3) is 0 Å². The zero-order valence-corrected chi connectivity index (χ0v) is 15.1. The number of benzene rings is 2. The summed E-state index contributed by atoms with van der Waals surface area (Å²) < 4.78 is 18.8. The number of ether oxygens (including phenoxy) is 1. The molecule has 0 radical (unpaired) electrons. The van der Waals surface area contributed by atoms with Crippen LogP contribution in [0.5, 0.6) is 5.75 Å². The number of nitrogens with zero attached hydrogens (tertiary/aromatic N) is 1. The molecule has 1 saturated heterocycles. The van der Waals surface area contributed by atoms with E-state index in [-0.39, 0.29) is 30.6 Å². The third kappa shape index (κ3) is 5.06. The van der Waals surface area contributed by atoms with E-state index < -0.39 is 5.82 Å². The molecule has 1 aliphatic heterocycles. The number of anilines is 1. The highest BCUT2D eigenvalue weighted by Gasteiger charge is 2.21. The Morgan fingerprint density at radius 3 is 2.48 bits per heavy atom. The molecule has 0 unspecified atom stereocenters. The van der Waals surface area contributed by atoms with E-state index in [1.54, 1.807) is 36.4 Å². The van der Waals surface area contributed by atoms with E-state index in [1.165, 1.54) is 12.1 Å². The van der Waals surface area contributed by atoms with Crippen LogP contribution in [0.1, 0.15) is 36.0 Å². The number of carbonyl (C=O) groups is 2. The molecular weight excluding hydrogens is 347 g/mol. The van der Waals surface area contributed by atoms with Crippen LogP contribution in [-0.4, -0.2) is 36.4 Å². The number of rotatable bonds is 6. The number of halogens is 1. The van der Waals surface area contributed by atoms with E-state index in [2.05, 4.69) is 5.32 Å². The Labute approximate surface area is 158 Å². The van der Waals surface area contributed by atoms with E-state index in [4.69, 9.17) is 4.74 Å². The van der Waals surface area contributed by atoms with Crippen LogP contribution >= 0.6 is 0 Å². The highest BCUT2D eigenvalue weighted by molar-refractivity contribution is 6.03. The Morgan fingerprint density at radius 2 is 1.70 bits per heavy atom. The second kappa shape index (κ2) is 9.16. The molecule has 0 spiro atoms. The first kappa shape index (κ1) is 18.9. The molecular formula is C21H23FN2O3. The lowest BCUT2D eigenvalue weighted by Crippen LogP contribution is -2.36. The van der Waals surface area contributed by atoms with Crippen LogP contribution < -0.4 is 10.1 Å². The van der Waals surface area contributed by atoms with Gasteiger partial charge in [-0.15, -0.1) is 0 Å². The Morgan fingerprint density at radius 1 is 1.00 bits per heavy atom. The number of nitrogens with one attached hydrogen (secondary N) is 1. The highest BCUT2D eigenvalue weighted by Crippen LogP contribution is 2.20. The van der Waals surface area contributed by atoms with Gasteiger partial charge < -0.3 is 15.0 Å². The molecule has 2 aromatic rings. The van der Waals surface area contributed by atoms with Gasteiger partial charge in [-0.2, -0.15) is 0 Å². The van der Waals surface area contributed by atoms with Crippen LogP contribution in [-0.2, 0) is 4.79 Å². The molecule has 5 nitrogen and oxygen atoms in total. The molecule has 1 fully saturated rings. The molecule has 1 aliphatic rings. The minimum Gasteiger partial charge on any atom is -0.490 e. The van der Waals surface area contributed by atoms with Gasteiger partial charge in [0.1, 0.15) is 0 Å². The summed E-state index contributed by atoms with van der Waals surface area (Å²) in [6.07, 6.45) is 3.21. The van der Waals surface area contributed by atoms with Gasteiger partial charge in [0.15, 0.2) is 11.6 Å². The average molecular weight is 370 g/mol. The highest BCUT2D eigenvalue weighted by atomic mass is 19.1. The van der Waals surface area contributed by atoms with Gasteiger partial charge in [0.2, 0.25) is 5.91 Å². The molecule has 3 rings (SSSR count). The van der Waals surface area contributed by atoms with E-state index in [9.17, 15) is 14.0 Å². The predicted octanol–water partition coefficient (Wildman–Crippen LogP) is 3.86. The van der Waals surface area contributed by atoms with E-state index in [0.717, 1.165) is 32.4 Å². The fourth-order valence-electron chi connectivity index (χ4n) is 3.07. The number of likely N-dealkylation sites (tertiary alicyclic amines) is 1. The number of hydrogen-bond donors (Lipinski definition) is 1. The number of hydrogen-bond acceptors (Lipinski definition) is 3. The largest absolute Gasteiger partial charge is 0.490 e. The molecule has 2 amide bonds. The molecule has 1 heterocycles. The second-order valence-electron chi connectivity index (χ2n) is 6.48. The number of amides is 2. The first-order chi connectivity index (χ1) is 13.1. The minimum atomic E-state index is -0.463. The van der Waals surface area contributed by atoms with E-state index in [1.807, 2.05) is 4.90 Å². The van der Waals surface area contributed by atoms with E-state index in [0.29, 0.717) is 11.3 Å². The first-order valence-electron chi connectivity index (χ1n) is 9.20. The van der Waals surface area contributed by atoms with Crippen molar-refractivity contribution in [3.8, 4) is 5.75 Å². The van der Waals surface area contributed by atoms with Gasteiger partial charge in [0.05, 0.1) is 24.3 Å². The van der Waals surface area contributed by atoms with Crippen LogP contribution in [0.15, 0.2) is 48.5 Å². The molecule has 142 valence electrons. The summed E-state index contributed by atoms with van der Waals surface area (Å²) in [6.45, 7) is 1.55. The SMILES string of the molecule is O=C(CCOc1ccccc1F)Nc1ccccc1C(=O)N1CCCCC1. The van der Waals surface area contributed by atoms with E-state index >= 15 is 0 Å². The summed E-state index contributed by atoms with van der Waals surface area (Å²) in [5.74, 6) is -0.695. The topological polar surface area (TPSA) is 58.6 Å². The van der Waals surface area contributed by atoms with Gasteiger partial charge in [-0.05, 0) is 43.5 Å². The van der Waals surface area contributed by atoms with Gasteiger partial charge >= 0.3 is 0 Å². The van der Waals surface area contributed by atoms with Crippen LogP contribution in [0, 0.1) is 5.82 Å². The average Bonchev–Trinajstić information content (AvgIpc) is 2.70. The lowest BCUT2D eigenvalue weighted by atomic mass is 10.1. The smallest absolute Gasteiger partial charge is 0.255 e. The van der Waals surface area contributed by atoms with Crippen molar-refractivity contribution in [1.82, 2.24) is 4.90 Å². The fraction of sp³-hybridized carbons (Fsp3) is 0.333. The number of carbonyl (C=O) groups excluding carboxylic acids is 2. The summed E-state index contributed by atoms with van der Waals surface area (Å²) in [7, 11) is 0. The Balaban J connectivity index is 1.57. The van der Waals surface area contributed by atoms with Crippen molar-refractivity contribution in [3.63, 3.8) is 0 Å². The first-order valence-corrected chi connectivity index (χ1v) is 9.20. The fourth-order valence-corrected chi connectivity index (χ4v) is 3.07. The zero-order valence-electron chi connectivity index (χ0n) is 15.1. The lowest BCUT2D eigenvalue weighted by Gasteiger charge is -2.27. The molecule has 0 aromatic heterocycles. The maximum absolute atomic E-state index is 13.5. The Bertz CT molecular complexity index is 804. The van der Waals surface area contributed by atoms with Gasteiger partial charge in [-0.25, -0.2) is 4.39 Å². The molecule has 2 aromatic carbocycles. The van der Waals surface area contributed by atoms with Crippen molar-refractivity contribution in [2.24, 2.45) is 0 Å². The van der Waals surface area contributed by atoms with Gasteiger partial charge in [-0.1, -0.05) is 24.3 Å². The zero-order chi connectivity index (χ0) is 19.1. The lowest BCUT2D eigenvalue weighted by molar-refractivity contribution is -0.116. The third-order valence-corrected chi connectivity index (χ3v) is 4.50. The van der Waals surface area contributed by atoms with Crippen LogP contribution in [0.2, 0.25) is 0 Å². The summed E-state index contributed by atoms with van der Waals surface area (Å²) in [5, 5.41) is 2.77. The normalized spacial score (nSPS) is 13.9. The molecule has 6 heteroatoms. The van der Waals surface area contributed by atoms with Crippen molar-refractivity contribution in [3.05, 3.63) is 59.9 Å². The summed E-state index contributed by atoms with van der Waals surface area (Å²) in [6, 6.07) is 13.1. The third-order valence-electron chi connectivity index (χ3n) is 4.50. The monoisotopic (exact) mass is 370 g/mol. The van der Waals surface area contributed by atoms with Gasteiger partial charge in [0, 0.05) is 13.1 Å². The standard InChI is InChI=1S/C21H23FN2O3/c22-17-9-3-5-11-19(17)27-15-12-20(25)23-18-10-4-2-8-16(18)21(26)24-13-6-1-7-14-24/h2-5,8-11H,1,6-7,12-15H2,(H,23,25). The minimum absolute atomic E-state index is 0.0506.